The van der Waals surface area contributed by atoms with Crippen LogP contribution in [0.4, 0.5) is 10.1 Å². The van der Waals surface area contributed by atoms with E-state index in [1.165, 1.54) is 24.0 Å². The second-order valence-electron chi connectivity index (χ2n) is 7.77. The van der Waals surface area contributed by atoms with Crippen LogP contribution in [-0.2, 0) is 4.74 Å². The van der Waals surface area contributed by atoms with Crippen LogP contribution in [0.1, 0.15) is 24.8 Å². The molecular weight excluding hydrogens is 379 g/mol. The number of piperidine rings is 1. The summed E-state index contributed by atoms with van der Waals surface area (Å²) >= 11 is 0. The van der Waals surface area contributed by atoms with Gasteiger partial charge in [-0.05, 0) is 61.4 Å². The van der Waals surface area contributed by atoms with Gasteiger partial charge in [-0.15, -0.1) is 0 Å². The number of fused-ring (bicyclic) bond motifs is 1. The standard InChI is InChI=1S/C24H27FN4O/c1-30-19-9-12-29(13-10-19)23-8-11-28-22-7-4-17(14-20(22)23)21(15-26)24(27)16-2-5-18(25)6-3-16/h2-3,5-8,11,14-15,17,19,27H,4,9-10,12-13,26H2,1H3/b21-15-,27-24?. The van der Waals surface area contributed by atoms with Gasteiger partial charge in [-0.25, -0.2) is 4.39 Å². The normalized spacial score (nSPS) is 19.6. The van der Waals surface area contributed by atoms with Gasteiger partial charge < -0.3 is 15.4 Å². The van der Waals surface area contributed by atoms with Crippen LogP contribution in [0.3, 0.4) is 0 Å². The number of nitrogens with one attached hydrogen (secondary N) is 1. The second kappa shape index (κ2) is 8.79. The molecule has 30 heavy (non-hydrogen) atoms. The molecule has 1 fully saturated rings. The number of anilines is 1. The third-order valence-electron chi connectivity index (χ3n) is 6.05. The molecule has 0 radical (unpaired) electrons. The van der Waals surface area contributed by atoms with E-state index < -0.39 is 0 Å². The minimum absolute atomic E-state index is 0.0282. The highest BCUT2D eigenvalue weighted by Gasteiger charge is 2.23. The molecule has 1 aliphatic heterocycles. The summed E-state index contributed by atoms with van der Waals surface area (Å²) in [7, 11) is 1.78. The number of nitrogens with zero attached hydrogens (tertiary/aromatic N) is 2. The van der Waals surface area contributed by atoms with Gasteiger partial charge in [-0.2, -0.15) is 0 Å². The van der Waals surface area contributed by atoms with Crippen LogP contribution >= 0.6 is 0 Å². The monoisotopic (exact) mass is 406 g/mol. The minimum atomic E-state index is -0.315. The number of halogens is 1. The van der Waals surface area contributed by atoms with Gasteiger partial charge in [0.2, 0.25) is 0 Å². The fourth-order valence-electron chi connectivity index (χ4n) is 4.32. The Labute approximate surface area is 175 Å². The van der Waals surface area contributed by atoms with E-state index in [0.717, 1.165) is 48.5 Å². The Hall–Kier alpha value is -2.99. The molecule has 2 heterocycles. The number of hydrogen-bond donors (Lipinski definition) is 2. The zero-order chi connectivity index (χ0) is 21.1. The average Bonchev–Trinajstić information content (AvgIpc) is 2.79. The zero-order valence-electron chi connectivity index (χ0n) is 17.1. The summed E-state index contributed by atoms with van der Waals surface area (Å²) in [5.74, 6) is -0.344. The van der Waals surface area contributed by atoms with Crippen LogP contribution in [0.25, 0.3) is 12.2 Å². The lowest BCUT2D eigenvalue weighted by molar-refractivity contribution is 0.0819. The van der Waals surface area contributed by atoms with E-state index in [1.807, 2.05) is 6.20 Å². The molecule has 6 heteroatoms. The van der Waals surface area contributed by atoms with E-state index in [-0.39, 0.29) is 11.7 Å². The third kappa shape index (κ3) is 4.00. The van der Waals surface area contributed by atoms with E-state index in [9.17, 15) is 4.39 Å². The maximum atomic E-state index is 13.3. The molecule has 1 aromatic heterocycles. The lowest BCUT2D eigenvalue weighted by Crippen LogP contribution is -2.43. The van der Waals surface area contributed by atoms with Gasteiger partial charge >= 0.3 is 0 Å². The summed E-state index contributed by atoms with van der Waals surface area (Å²) in [5.41, 5.74) is 8.83. The number of rotatable bonds is 5. The first-order chi connectivity index (χ1) is 14.6. The van der Waals surface area contributed by atoms with Crippen LogP contribution in [-0.4, -0.2) is 37.0 Å². The van der Waals surface area contributed by atoms with Gasteiger partial charge in [0.1, 0.15) is 5.82 Å². The predicted octanol–water partition coefficient (Wildman–Crippen LogP) is 2.33. The molecule has 0 bridgehead atoms. The molecule has 1 aromatic carbocycles. The summed E-state index contributed by atoms with van der Waals surface area (Å²) < 4.78 is 18.8. The lowest BCUT2D eigenvalue weighted by atomic mass is 9.86. The van der Waals surface area contributed by atoms with Crippen LogP contribution in [0.15, 0.2) is 48.3 Å². The van der Waals surface area contributed by atoms with Crippen molar-refractivity contribution in [3.05, 3.63) is 70.3 Å². The number of hydrogen-bond acceptors (Lipinski definition) is 5. The smallest absolute Gasteiger partial charge is 0.123 e. The van der Waals surface area contributed by atoms with Crippen molar-refractivity contribution in [1.82, 2.24) is 4.98 Å². The average molecular weight is 407 g/mol. The Balaban J connectivity index is 1.65. The zero-order valence-corrected chi connectivity index (χ0v) is 17.1. The number of ether oxygens (including phenoxy) is 1. The molecule has 1 atom stereocenters. The molecule has 2 aromatic rings. The number of pyridine rings is 1. The third-order valence-corrected chi connectivity index (χ3v) is 6.05. The highest BCUT2D eigenvalue weighted by atomic mass is 19.1. The van der Waals surface area contributed by atoms with Gasteiger partial charge in [-0.1, -0.05) is 12.2 Å². The second-order valence-corrected chi connectivity index (χ2v) is 7.77. The molecule has 1 saturated heterocycles. The highest BCUT2D eigenvalue weighted by molar-refractivity contribution is 6.11. The first kappa shape index (κ1) is 20.3. The number of methoxy groups -OCH3 is 1. The summed E-state index contributed by atoms with van der Waals surface area (Å²) in [4.78, 5) is 6.94. The summed E-state index contributed by atoms with van der Waals surface area (Å²) in [6, 6.07) is 8.05. The highest BCUT2D eigenvalue weighted by Crippen LogP contribution is 2.24. The summed E-state index contributed by atoms with van der Waals surface area (Å²) in [6.07, 6.45) is 10.7. The van der Waals surface area contributed by atoms with Crippen LogP contribution in [0, 0.1) is 17.1 Å². The number of nitrogens with two attached hydrogens (primary N) is 1. The minimum Gasteiger partial charge on any atom is -0.404 e. The maximum Gasteiger partial charge on any atom is 0.123 e. The van der Waals surface area contributed by atoms with Crippen molar-refractivity contribution in [3.63, 3.8) is 0 Å². The topological polar surface area (TPSA) is 75.2 Å². The Morgan fingerprint density at radius 2 is 1.97 bits per heavy atom. The van der Waals surface area contributed by atoms with Crippen molar-refractivity contribution in [2.24, 2.45) is 11.7 Å². The van der Waals surface area contributed by atoms with Gasteiger partial charge in [0, 0.05) is 48.8 Å². The largest absolute Gasteiger partial charge is 0.404 e. The van der Waals surface area contributed by atoms with Crippen molar-refractivity contribution in [1.29, 1.82) is 5.41 Å². The Kier molecular flexibility index (Phi) is 5.95. The van der Waals surface area contributed by atoms with Crippen LogP contribution in [0.5, 0.6) is 0 Å². The van der Waals surface area contributed by atoms with Crippen LogP contribution < -0.4 is 21.2 Å². The van der Waals surface area contributed by atoms with Crippen molar-refractivity contribution in [2.45, 2.75) is 25.4 Å². The Morgan fingerprint density at radius 1 is 1.23 bits per heavy atom. The van der Waals surface area contributed by atoms with Crippen molar-refractivity contribution in [3.8, 4) is 0 Å². The fraction of sp³-hybridized carbons (Fsp3) is 0.333. The van der Waals surface area contributed by atoms with Gasteiger partial charge in [0.25, 0.3) is 0 Å². The molecular formula is C24H27FN4O. The quantitative estimate of drug-likeness (QED) is 0.748. The van der Waals surface area contributed by atoms with Crippen LogP contribution in [0.2, 0.25) is 0 Å². The van der Waals surface area contributed by atoms with E-state index in [4.69, 9.17) is 15.9 Å². The number of benzene rings is 1. The SMILES string of the molecule is COC1CCN(c2ccnc3c2=CC(/C(=C/N)C(=N)c2ccc(F)cc2)CC=3)CC1. The molecule has 3 N–H and O–H groups in total. The van der Waals surface area contributed by atoms with Gasteiger partial charge in [-0.3, -0.25) is 10.4 Å². The summed E-state index contributed by atoms with van der Waals surface area (Å²) in [6.45, 7) is 1.89. The first-order valence-electron chi connectivity index (χ1n) is 10.3. The molecule has 156 valence electrons. The summed E-state index contributed by atoms with van der Waals surface area (Å²) in [5, 5.41) is 10.7. The molecule has 2 aliphatic rings. The van der Waals surface area contributed by atoms with E-state index >= 15 is 0 Å². The molecule has 0 saturated carbocycles. The van der Waals surface area contributed by atoms with Crippen molar-refractivity contribution >= 4 is 23.6 Å². The van der Waals surface area contributed by atoms with Crippen molar-refractivity contribution in [2.75, 3.05) is 25.1 Å². The number of aromatic nitrogens is 1. The molecule has 5 nitrogen and oxygen atoms in total. The molecule has 1 aliphatic carbocycles. The molecule has 0 spiro atoms. The van der Waals surface area contributed by atoms with E-state index in [0.29, 0.717) is 17.4 Å². The molecule has 0 amide bonds. The maximum absolute atomic E-state index is 13.3. The van der Waals surface area contributed by atoms with Gasteiger partial charge in [0.05, 0.1) is 17.2 Å². The van der Waals surface area contributed by atoms with Crippen molar-refractivity contribution < 1.29 is 9.13 Å². The Bertz CT molecular complexity index is 1070. The lowest BCUT2D eigenvalue weighted by Gasteiger charge is -2.33. The molecule has 4 rings (SSSR count). The first-order valence-corrected chi connectivity index (χ1v) is 10.3. The Morgan fingerprint density at radius 3 is 2.63 bits per heavy atom. The predicted molar refractivity (Wildman–Crippen MR) is 118 cm³/mol. The van der Waals surface area contributed by atoms with E-state index in [1.54, 1.807) is 19.2 Å². The number of allylic oxidation sites excluding steroid dienone is 1. The van der Waals surface area contributed by atoms with Gasteiger partial charge in [0.15, 0.2) is 0 Å². The fourth-order valence-corrected chi connectivity index (χ4v) is 4.32. The van der Waals surface area contributed by atoms with E-state index in [2.05, 4.69) is 28.1 Å². The molecule has 1 unspecified atom stereocenters.